The zero-order valence-electron chi connectivity index (χ0n) is 26.4. The van der Waals surface area contributed by atoms with E-state index in [-0.39, 0.29) is 11.5 Å². The molecule has 4 aromatic carbocycles. The molecule has 2 aliphatic heterocycles. The fourth-order valence-corrected chi connectivity index (χ4v) is 11.5. The van der Waals surface area contributed by atoms with Crippen molar-refractivity contribution in [2.45, 2.75) is 18.9 Å². The Hall–Kier alpha value is -4.60. The van der Waals surface area contributed by atoms with Crippen molar-refractivity contribution in [3.05, 3.63) is 156 Å². The molecule has 8 rings (SSSR count). The van der Waals surface area contributed by atoms with Gasteiger partial charge in [0.1, 0.15) is 15.9 Å². The van der Waals surface area contributed by atoms with Crippen LogP contribution in [0.2, 0.25) is 0 Å². The standard InChI is InChI=1S/C38H33N3O2P.ClHO4/c42-35-23-13-22-34-30-24-28(26-41(34)35)25-40(27-30)38-37(39-36(43-38)29-14-5-1-6-15-29)44(31-16-7-2-8-17-31,32-18-9-3-10-19-32)33-20-11-4-12-21-33;2-1(3,4)5/h1-23,28,30H,24-27H2;(H,2,3,4,5)/q+1;/p-1/t28-,30-;/m1./s1. The summed E-state index contributed by atoms with van der Waals surface area (Å²) in [4.78, 5) is 20.7. The Balaban J connectivity index is 0.000000707. The highest BCUT2D eigenvalue weighted by Crippen LogP contribution is 2.56. The number of hydrogen-bond donors (Lipinski definition) is 0. The van der Waals surface area contributed by atoms with Crippen molar-refractivity contribution in [3.63, 3.8) is 0 Å². The molecule has 248 valence electrons. The van der Waals surface area contributed by atoms with E-state index in [2.05, 4.69) is 114 Å². The molecule has 0 radical (unpaired) electrons. The van der Waals surface area contributed by atoms with Crippen LogP contribution in [-0.2, 0) is 6.54 Å². The van der Waals surface area contributed by atoms with Crippen LogP contribution in [0, 0.1) is 16.2 Å². The minimum atomic E-state index is -4.94. The van der Waals surface area contributed by atoms with E-state index in [1.165, 1.54) is 15.9 Å². The molecule has 4 heterocycles. The lowest BCUT2D eigenvalue weighted by molar-refractivity contribution is -2.00. The van der Waals surface area contributed by atoms with Crippen LogP contribution in [0.15, 0.2) is 149 Å². The van der Waals surface area contributed by atoms with Crippen LogP contribution in [0.4, 0.5) is 5.88 Å². The Morgan fingerprint density at radius 3 is 1.69 bits per heavy atom. The third-order valence-corrected chi connectivity index (χ3v) is 13.3. The number of hydrogen-bond acceptors (Lipinski definition) is 8. The topological polar surface area (TPSA) is 144 Å². The summed E-state index contributed by atoms with van der Waals surface area (Å²) in [5.74, 6) is 2.06. The SMILES string of the molecule is O=c1cccc2n1C[C@@H]1C[C@@H]2CN(c2oc(-c3ccccc3)nc2[P+](c2ccccc2)(c2ccccc2)c2ccccc2)C1.[O-][Cl+3]([O-])([O-])[O-]. The van der Waals surface area contributed by atoms with Gasteiger partial charge in [-0.15, -0.1) is 10.2 Å². The number of piperidine rings is 1. The van der Waals surface area contributed by atoms with Crippen LogP contribution < -0.4 is 50.4 Å². The van der Waals surface area contributed by atoms with Gasteiger partial charge in [-0.1, -0.05) is 78.9 Å². The van der Waals surface area contributed by atoms with Gasteiger partial charge < -0.3 is 13.9 Å². The lowest BCUT2D eigenvalue weighted by Crippen LogP contribution is -2.68. The molecule has 0 saturated carbocycles. The van der Waals surface area contributed by atoms with E-state index in [4.69, 9.17) is 28.0 Å². The number of pyridine rings is 1. The Bertz CT molecular complexity index is 1970. The molecular formula is C38H33ClN3O6P. The van der Waals surface area contributed by atoms with Gasteiger partial charge in [0.2, 0.25) is 5.89 Å². The van der Waals surface area contributed by atoms with E-state index < -0.39 is 17.5 Å². The predicted molar refractivity (Wildman–Crippen MR) is 180 cm³/mol. The molecule has 9 nitrogen and oxygen atoms in total. The number of aromatic nitrogens is 2. The summed E-state index contributed by atoms with van der Waals surface area (Å²) in [5, 5.41) is 3.71. The first-order valence-corrected chi connectivity index (χ1v) is 18.9. The number of benzene rings is 4. The van der Waals surface area contributed by atoms with Crippen molar-refractivity contribution >= 4 is 34.5 Å². The number of fused-ring (bicyclic) bond motifs is 4. The molecule has 0 aliphatic carbocycles. The first kappa shape index (κ1) is 32.9. The maximum absolute atomic E-state index is 12.8. The molecule has 49 heavy (non-hydrogen) atoms. The second kappa shape index (κ2) is 13.7. The van der Waals surface area contributed by atoms with Crippen molar-refractivity contribution in [1.82, 2.24) is 9.55 Å². The van der Waals surface area contributed by atoms with Crippen molar-refractivity contribution in [2.24, 2.45) is 5.92 Å². The van der Waals surface area contributed by atoms with Crippen LogP contribution in [0.5, 0.6) is 0 Å². The maximum atomic E-state index is 12.8. The van der Waals surface area contributed by atoms with E-state index in [1.54, 1.807) is 6.07 Å². The third-order valence-electron chi connectivity index (χ3n) is 9.13. The quantitative estimate of drug-likeness (QED) is 0.235. The van der Waals surface area contributed by atoms with E-state index in [1.807, 2.05) is 28.8 Å². The Morgan fingerprint density at radius 1 is 0.653 bits per heavy atom. The van der Waals surface area contributed by atoms with Crippen LogP contribution in [0.3, 0.4) is 0 Å². The molecular weight excluding hydrogens is 661 g/mol. The molecule has 0 spiro atoms. The third kappa shape index (κ3) is 6.70. The average Bonchev–Trinajstić information content (AvgIpc) is 3.56. The largest absolute Gasteiger partial charge is 0.416 e. The van der Waals surface area contributed by atoms with Crippen LogP contribution in [0.25, 0.3) is 11.5 Å². The Labute approximate surface area is 286 Å². The molecule has 1 saturated heterocycles. The van der Waals surface area contributed by atoms with Gasteiger partial charge in [0, 0.05) is 42.9 Å². The zero-order valence-corrected chi connectivity index (χ0v) is 28.0. The Morgan fingerprint density at radius 2 is 1.16 bits per heavy atom. The fourth-order valence-electron chi connectivity index (χ4n) is 7.26. The second-order valence-corrected chi connectivity index (χ2v) is 16.2. The average molecular weight is 694 g/mol. The van der Waals surface area contributed by atoms with Gasteiger partial charge in [0.25, 0.3) is 16.9 Å². The van der Waals surface area contributed by atoms with Crippen LogP contribution in [0.1, 0.15) is 18.0 Å². The highest BCUT2D eigenvalue weighted by molar-refractivity contribution is 8.01. The van der Waals surface area contributed by atoms with Gasteiger partial charge in [0.05, 0.1) is 0 Å². The summed E-state index contributed by atoms with van der Waals surface area (Å²) in [7, 11) is -7.46. The number of anilines is 1. The molecule has 1 fully saturated rings. The normalized spacial score (nSPS) is 17.1. The maximum Gasteiger partial charge on any atom is 0.262 e. The van der Waals surface area contributed by atoms with Gasteiger partial charge in [-0.25, -0.2) is 18.6 Å². The first-order chi connectivity index (χ1) is 23.7. The molecule has 0 amide bonds. The summed E-state index contributed by atoms with van der Waals surface area (Å²) < 4.78 is 42.9. The van der Waals surface area contributed by atoms with E-state index >= 15 is 0 Å². The van der Waals surface area contributed by atoms with Crippen molar-refractivity contribution < 1.29 is 33.3 Å². The van der Waals surface area contributed by atoms with E-state index in [0.717, 1.165) is 48.6 Å². The van der Waals surface area contributed by atoms with E-state index in [9.17, 15) is 4.79 Å². The first-order valence-electron chi connectivity index (χ1n) is 15.9. The minimum absolute atomic E-state index is 0.0968. The van der Waals surface area contributed by atoms with Crippen molar-refractivity contribution in [1.29, 1.82) is 0 Å². The smallest absolute Gasteiger partial charge is 0.262 e. The van der Waals surface area contributed by atoms with Crippen molar-refractivity contribution in [3.8, 4) is 11.5 Å². The highest BCUT2D eigenvalue weighted by atomic mass is 35.7. The van der Waals surface area contributed by atoms with Gasteiger partial charge in [-0.05, 0) is 66.9 Å². The lowest BCUT2D eigenvalue weighted by Gasteiger charge is -2.42. The van der Waals surface area contributed by atoms with Gasteiger partial charge in [-0.3, -0.25) is 4.79 Å². The molecule has 11 heteroatoms. The van der Waals surface area contributed by atoms with Crippen LogP contribution in [-0.4, -0.2) is 22.6 Å². The number of rotatable bonds is 6. The molecule has 6 aromatic rings. The Kier molecular flexibility index (Phi) is 9.22. The minimum Gasteiger partial charge on any atom is -0.416 e. The zero-order chi connectivity index (χ0) is 34.0. The number of halogens is 1. The molecule has 0 unspecified atom stereocenters. The summed E-state index contributed by atoms with van der Waals surface area (Å²) in [6.07, 6.45) is 1.07. The monoisotopic (exact) mass is 693 g/mol. The summed E-state index contributed by atoms with van der Waals surface area (Å²) in [6, 6.07) is 48.5. The molecule has 2 aliphatic rings. The summed E-state index contributed by atoms with van der Waals surface area (Å²) >= 11 is 0. The molecule has 2 atom stereocenters. The lowest BCUT2D eigenvalue weighted by atomic mass is 9.83. The second-order valence-electron chi connectivity index (χ2n) is 12.2. The van der Waals surface area contributed by atoms with E-state index in [0.29, 0.717) is 11.8 Å². The highest BCUT2D eigenvalue weighted by Gasteiger charge is 2.54. The fraction of sp³-hybridized carbons (Fsp3) is 0.158. The van der Waals surface area contributed by atoms with Crippen LogP contribution >= 0.6 is 7.26 Å². The molecule has 0 N–H and O–H groups in total. The van der Waals surface area contributed by atoms with Gasteiger partial charge in [0.15, 0.2) is 7.26 Å². The predicted octanol–water partition coefficient (Wildman–Crippen LogP) is 0.990. The van der Waals surface area contributed by atoms with Gasteiger partial charge in [-0.2, -0.15) is 4.98 Å². The molecule has 2 aromatic heterocycles. The van der Waals surface area contributed by atoms with Crippen molar-refractivity contribution in [2.75, 3.05) is 18.0 Å². The molecule has 2 bridgehead atoms. The summed E-state index contributed by atoms with van der Waals surface area (Å²) in [5.41, 5.74) is 3.17. The summed E-state index contributed by atoms with van der Waals surface area (Å²) in [6.45, 7) is 2.31. The number of oxazole rings is 1. The van der Waals surface area contributed by atoms with Gasteiger partial charge >= 0.3 is 0 Å². The number of nitrogens with zero attached hydrogens (tertiary/aromatic N) is 3.